The Labute approximate surface area is 116 Å². The molecule has 2 rings (SSSR count). The third-order valence-corrected chi connectivity index (χ3v) is 3.17. The van der Waals surface area contributed by atoms with E-state index >= 15 is 0 Å². The molecule has 2 heterocycles. The van der Waals surface area contributed by atoms with E-state index in [1.54, 1.807) is 4.90 Å². The van der Waals surface area contributed by atoms with Crippen LogP contribution in [0.25, 0.3) is 0 Å². The van der Waals surface area contributed by atoms with Crippen LogP contribution in [-0.4, -0.2) is 69.1 Å². The summed E-state index contributed by atoms with van der Waals surface area (Å²) in [6, 6.07) is 0. The summed E-state index contributed by atoms with van der Waals surface area (Å²) in [7, 11) is 0. The maximum absolute atomic E-state index is 12.1. The molecule has 2 amide bonds. The van der Waals surface area contributed by atoms with Crippen molar-refractivity contribution >= 4 is 17.8 Å². The SMILES string of the molecule is NC(=O)CN1CCCN(C(=O)Cn2cnc(N)n2)CC1. The van der Waals surface area contributed by atoms with Gasteiger partial charge in [-0.25, -0.2) is 9.67 Å². The predicted molar refractivity (Wildman–Crippen MR) is 71.3 cm³/mol. The zero-order valence-corrected chi connectivity index (χ0v) is 11.2. The zero-order chi connectivity index (χ0) is 14.5. The number of nitrogen functional groups attached to an aromatic ring is 1. The molecule has 0 aliphatic carbocycles. The molecule has 0 radical (unpaired) electrons. The van der Waals surface area contributed by atoms with Crippen LogP contribution in [0.5, 0.6) is 0 Å². The van der Waals surface area contributed by atoms with Crippen molar-refractivity contribution in [3.8, 4) is 0 Å². The van der Waals surface area contributed by atoms with Crippen molar-refractivity contribution in [2.24, 2.45) is 5.73 Å². The first-order valence-electron chi connectivity index (χ1n) is 6.48. The molecule has 1 aromatic rings. The molecule has 0 unspecified atom stereocenters. The highest BCUT2D eigenvalue weighted by Gasteiger charge is 2.20. The lowest BCUT2D eigenvalue weighted by Crippen LogP contribution is -2.39. The van der Waals surface area contributed by atoms with Crippen LogP contribution in [-0.2, 0) is 16.1 Å². The van der Waals surface area contributed by atoms with Gasteiger partial charge in [-0.1, -0.05) is 0 Å². The number of anilines is 1. The summed E-state index contributed by atoms with van der Waals surface area (Å²) in [4.78, 5) is 30.6. The minimum atomic E-state index is -0.345. The first kappa shape index (κ1) is 14.3. The highest BCUT2D eigenvalue weighted by Crippen LogP contribution is 2.04. The van der Waals surface area contributed by atoms with Crippen LogP contribution in [0.3, 0.4) is 0 Å². The van der Waals surface area contributed by atoms with Crippen LogP contribution in [0.15, 0.2) is 6.33 Å². The van der Waals surface area contributed by atoms with E-state index in [-0.39, 0.29) is 30.9 Å². The van der Waals surface area contributed by atoms with Crippen molar-refractivity contribution in [2.45, 2.75) is 13.0 Å². The summed E-state index contributed by atoms with van der Waals surface area (Å²) in [5, 5.41) is 3.89. The lowest BCUT2D eigenvalue weighted by Gasteiger charge is -2.21. The van der Waals surface area contributed by atoms with Crippen LogP contribution in [0, 0.1) is 0 Å². The third kappa shape index (κ3) is 3.92. The van der Waals surface area contributed by atoms with Gasteiger partial charge in [-0.3, -0.25) is 14.5 Å². The van der Waals surface area contributed by atoms with E-state index in [1.807, 2.05) is 4.90 Å². The standard InChI is InChI=1S/C11H19N7O2/c12-9(19)6-16-2-1-3-17(5-4-16)10(20)7-18-8-14-11(13)15-18/h8H,1-7H2,(H2,12,19)(H2,13,15). The second-order valence-corrected chi connectivity index (χ2v) is 4.78. The summed E-state index contributed by atoms with van der Waals surface area (Å²) < 4.78 is 1.42. The van der Waals surface area contributed by atoms with Gasteiger partial charge in [0, 0.05) is 26.2 Å². The maximum atomic E-state index is 12.1. The number of amides is 2. The van der Waals surface area contributed by atoms with Gasteiger partial charge in [0.2, 0.25) is 17.8 Å². The third-order valence-electron chi connectivity index (χ3n) is 3.17. The number of hydrogen-bond donors (Lipinski definition) is 2. The number of carbonyl (C=O) groups excluding carboxylic acids is 2. The molecule has 1 saturated heterocycles. The van der Waals surface area contributed by atoms with E-state index in [0.29, 0.717) is 19.6 Å². The zero-order valence-electron chi connectivity index (χ0n) is 11.2. The molecular weight excluding hydrogens is 262 g/mol. The first-order valence-corrected chi connectivity index (χ1v) is 6.48. The van der Waals surface area contributed by atoms with Crippen LogP contribution in [0.1, 0.15) is 6.42 Å². The number of hydrogen-bond acceptors (Lipinski definition) is 6. The summed E-state index contributed by atoms with van der Waals surface area (Å²) in [6.45, 7) is 3.02. The number of nitrogens with zero attached hydrogens (tertiary/aromatic N) is 5. The quantitative estimate of drug-likeness (QED) is 0.650. The smallest absolute Gasteiger partial charge is 0.244 e. The average molecular weight is 281 g/mol. The molecule has 20 heavy (non-hydrogen) atoms. The van der Waals surface area contributed by atoms with Crippen molar-refractivity contribution in [1.29, 1.82) is 0 Å². The van der Waals surface area contributed by atoms with Gasteiger partial charge in [-0.05, 0) is 6.42 Å². The van der Waals surface area contributed by atoms with E-state index < -0.39 is 0 Å². The van der Waals surface area contributed by atoms with Crippen molar-refractivity contribution in [1.82, 2.24) is 24.6 Å². The molecule has 1 aliphatic heterocycles. The molecule has 1 fully saturated rings. The van der Waals surface area contributed by atoms with Gasteiger partial charge < -0.3 is 16.4 Å². The molecule has 0 bridgehead atoms. The van der Waals surface area contributed by atoms with Crippen molar-refractivity contribution in [3.63, 3.8) is 0 Å². The Morgan fingerprint density at radius 3 is 2.65 bits per heavy atom. The molecule has 0 spiro atoms. The Balaban J connectivity index is 1.86. The molecular formula is C11H19N7O2. The monoisotopic (exact) mass is 281 g/mol. The minimum absolute atomic E-state index is 0.0316. The van der Waals surface area contributed by atoms with E-state index in [2.05, 4.69) is 10.1 Å². The summed E-state index contributed by atoms with van der Waals surface area (Å²) in [5.41, 5.74) is 10.6. The Morgan fingerprint density at radius 1 is 1.20 bits per heavy atom. The lowest BCUT2D eigenvalue weighted by molar-refractivity contribution is -0.131. The molecule has 0 atom stereocenters. The van der Waals surface area contributed by atoms with Crippen molar-refractivity contribution in [2.75, 3.05) is 38.5 Å². The average Bonchev–Trinajstić information content (AvgIpc) is 2.64. The Morgan fingerprint density at radius 2 is 2.00 bits per heavy atom. The number of carbonyl (C=O) groups is 2. The Kier molecular flexibility index (Phi) is 4.51. The highest BCUT2D eigenvalue weighted by atomic mass is 16.2. The van der Waals surface area contributed by atoms with Gasteiger partial charge >= 0.3 is 0 Å². The van der Waals surface area contributed by atoms with Gasteiger partial charge in [0.05, 0.1) is 6.54 Å². The Bertz CT molecular complexity index is 487. The normalized spacial score (nSPS) is 16.9. The van der Waals surface area contributed by atoms with Gasteiger partial charge in [-0.2, -0.15) is 0 Å². The topological polar surface area (TPSA) is 123 Å². The molecule has 110 valence electrons. The molecule has 4 N–H and O–H groups in total. The van der Waals surface area contributed by atoms with Gasteiger partial charge in [0.1, 0.15) is 12.9 Å². The fraction of sp³-hybridized carbons (Fsp3) is 0.636. The summed E-state index contributed by atoms with van der Waals surface area (Å²) >= 11 is 0. The number of aromatic nitrogens is 3. The van der Waals surface area contributed by atoms with Crippen LogP contribution >= 0.6 is 0 Å². The molecule has 0 saturated carbocycles. The summed E-state index contributed by atoms with van der Waals surface area (Å²) in [6.07, 6.45) is 2.25. The molecule has 9 heteroatoms. The first-order chi connectivity index (χ1) is 9.54. The van der Waals surface area contributed by atoms with E-state index in [4.69, 9.17) is 11.5 Å². The predicted octanol–water partition coefficient (Wildman–Crippen LogP) is -2.12. The van der Waals surface area contributed by atoms with Gasteiger partial charge in [0.25, 0.3) is 0 Å². The van der Waals surface area contributed by atoms with E-state index in [9.17, 15) is 9.59 Å². The van der Waals surface area contributed by atoms with Crippen molar-refractivity contribution < 1.29 is 9.59 Å². The fourth-order valence-electron chi connectivity index (χ4n) is 2.22. The van der Waals surface area contributed by atoms with Crippen LogP contribution < -0.4 is 11.5 Å². The van der Waals surface area contributed by atoms with E-state index in [1.165, 1.54) is 11.0 Å². The maximum Gasteiger partial charge on any atom is 0.244 e. The Hall–Kier alpha value is -2.16. The lowest BCUT2D eigenvalue weighted by atomic mass is 10.3. The fourth-order valence-corrected chi connectivity index (χ4v) is 2.22. The van der Waals surface area contributed by atoms with Gasteiger partial charge in [0.15, 0.2) is 0 Å². The number of rotatable bonds is 4. The molecule has 0 aromatic carbocycles. The van der Waals surface area contributed by atoms with Crippen molar-refractivity contribution in [3.05, 3.63) is 6.33 Å². The highest BCUT2D eigenvalue weighted by molar-refractivity contribution is 5.76. The van der Waals surface area contributed by atoms with Crippen LogP contribution in [0.4, 0.5) is 5.95 Å². The second-order valence-electron chi connectivity index (χ2n) is 4.78. The van der Waals surface area contributed by atoms with Gasteiger partial charge in [-0.15, -0.1) is 5.10 Å². The van der Waals surface area contributed by atoms with Crippen LogP contribution in [0.2, 0.25) is 0 Å². The molecule has 1 aliphatic rings. The molecule has 1 aromatic heterocycles. The number of nitrogens with two attached hydrogens (primary N) is 2. The number of primary amides is 1. The minimum Gasteiger partial charge on any atom is -0.369 e. The second kappa shape index (κ2) is 6.33. The molecule has 9 nitrogen and oxygen atoms in total. The summed E-state index contributed by atoms with van der Waals surface area (Å²) in [5.74, 6) is -0.222. The van der Waals surface area contributed by atoms with E-state index in [0.717, 1.165) is 13.0 Å². The largest absolute Gasteiger partial charge is 0.369 e.